The molecule has 0 aliphatic rings. The first-order valence-corrected chi connectivity index (χ1v) is 5.98. The maximum atomic E-state index is 5.34. The zero-order valence-corrected chi connectivity index (χ0v) is 10.2. The van der Waals surface area contributed by atoms with E-state index in [0.29, 0.717) is 0 Å². The molecule has 0 N–H and O–H groups in total. The number of rotatable bonds is 7. The molecule has 86 valence electrons. The fourth-order valence-corrected chi connectivity index (χ4v) is 1.88. The van der Waals surface area contributed by atoms with Gasteiger partial charge in [0.15, 0.2) is 0 Å². The van der Waals surface area contributed by atoms with Crippen molar-refractivity contribution in [3.05, 3.63) is 18.2 Å². The molecule has 15 heavy (non-hydrogen) atoms. The predicted molar refractivity (Wildman–Crippen MR) is 60.8 cm³/mol. The molecule has 0 aliphatic heterocycles. The van der Waals surface area contributed by atoms with Gasteiger partial charge >= 0.3 is 0 Å². The van der Waals surface area contributed by atoms with Crippen molar-refractivity contribution in [3.8, 4) is 0 Å². The molecule has 0 radical (unpaired) electrons. The number of aryl methyl sites for hydroxylation is 2. The average molecular weight is 211 g/mol. The SMILES string of the molecule is CCOCCC[n+]1ccn(CC)c1CC. The highest BCUT2D eigenvalue weighted by Crippen LogP contribution is 1.97. The standard InChI is InChI=1S/C12H23N2O/c1-4-12-13(5-2)9-10-14(12)8-7-11-15-6-3/h9-10H,4-8,11H2,1-3H3/q+1. The van der Waals surface area contributed by atoms with Crippen molar-refractivity contribution < 1.29 is 9.30 Å². The van der Waals surface area contributed by atoms with Crippen LogP contribution in [0.15, 0.2) is 12.4 Å². The van der Waals surface area contributed by atoms with E-state index in [1.54, 1.807) is 0 Å². The first-order valence-electron chi connectivity index (χ1n) is 5.98. The molecule has 0 saturated carbocycles. The molecule has 1 aromatic heterocycles. The minimum absolute atomic E-state index is 0.821. The van der Waals surface area contributed by atoms with Crippen LogP contribution in [0.25, 0.3) is 0 Å². The minimum Gasteiger partial charge on any atom is -0.382 e. The summed E-state index contributed by atoms with van der Waals surface area (Å²) >= 11 is 0. The topological polar surface area (TPSA) is 18.0 Å². The molecule has 3 heteroatoms. The molecule has 0 atom stereocenters. The Labute approximate surface area is 92.7 Å². The third-order valence-corrected chi connectivity index (χ3v) is 2.64. The summed E-state index contributed by atoms with van der Waals surface area (Å²) in [6, 6.07) is 0. The van der Waals surface area contributed by atoms with E-state index in [2.05, 4.69) is 35.4 Å². The van der Waals surface area contributed by atoms with Crippen molar-refractivity contribution in [1.29, 1.82) is 0 Å². The van der Waals surface area contributed by atoms with Crippen molar-refractivity contribution in [2.24, 2.45) is 0 Å². The largest absolute Gasteiger partial charge is 0.382 e. The van der Waals surface area contributed by atoms with Crippen molar-refractivity contribution >= 4 is 0 Å². The van der Waals surface area contributed by atoms with Crippen LogP contribution in [0.1, 0.15) is 33.0 Å². The quantitative estimate of drug-likeness (QED) is 0.496. The van der Waals surface area contributed by atoms with Gasteiger partial charge in [0.05, 0.1) is 19.7 Å². The molecule has 0 unspecified atom stereocenters. The highest BCUT2D eigenvalue weighted by Gasteiger charge is 2.12. The number of hydrogen-bond acceptors (Lipinski definition) is 1. The van der Waals surface area contributed by atoms with Crippen molar-refractivity contribution in [2.75, 3.05) is 13.2 Å². The van der Waals surface area contributed by atoms with Gasteiger partial charge in [-0.05, 0) is 13.8 Å². The van der Waals surface area contributed by atoms with Crippen LogP contribution in [0.2, 0.25) is 0 Å². The van der Waals surface area contributed by atoms with E-state index in [1.807, 2.05) is 6.92 Å². The van der Waals surface area contributed by atoms with Crippen LogP contribution in [0, 0.1) is 0 Å². The molecule has 1 aromatic rings. The lowest BCUT2D eigenvalue weighted by Gasteiger charge is -2.02. The van der Waals surface area contributed by atoms with E-state index < -0.39 is 0 Å². The number of hydrogen-bond donors (Lipinski definition) is 0. The summed E-state index contributed by atoms with van der Waals surface area (Å²) in [5, 5.41) is 0. The molecule has 3 nitrogen and oxygen atoms in total. The van der Waals surface area contributed by atoms with Crippen molar-refractivity contribution in [3.63, 3.8) is 0 Å². The lowest BCUT2D eigenvalue weighted by atomic mass is 10.4. The molecule has 0 saturated heterocycles. The second kappa shape index (κ2) is 6.62. The first-order chi connectivity index (χ1) is 7.33. The fraction of sp³-hybridized carbons (Fsp3) is 0.750. The smallest absolute Gasteiger partial charge is 0.256 e. The van der Waals surface area contributed by atoms with Gasteiger partial charge in [0.2, 0.25) is 0 Å². The van der Waals surface area contributed by atoms with E-state index in [-0.39, 0.29) is 0 Å². The van der Waals surface area contributed by atoms with Gasteiger partial charge < -0.3 is 4.74 Å². The third-order valence-electron chi connectivity index (χ3n) is 2.64. The lowest BCUT2D eigenvalue weighted by molar-refractivity contribution is -0.704. The summed E-state index contributed by atoms with van der Waals surface area (Å²) in [6.45, 7) is 10.2. The third kappa shape index (κ3) is 3.34. The van der Waals surface area contributed by atoms with Crippen LogP contribution in [-0.2, 0) is 24.2 Å². The lowest BCUT2D eigenvalue weighted by Crippen LogP contribution is -2.37. The summed E-state index contributed by atoms with van der Waals surface area (Å²) in [7, 11) is 0. The van der Waals surface area contributed by atoms with Gasteiger partial charge in [-0.2, -0.15) is 0 Å². The Bertz CT molecular complexity index is 281. The van der Waals surface area contributed by atoms with Gasteiger partial charge in [0.1, 0.15) is 12.4 Å². The van der Waals surface area contributed by atoms with Crippen molar-refractivity contribution in [1.82, 2.24) is 4.57 Å². The Balaban J connectivity index is 2.49. The molecular weight excluding hydrogens is 188 g/mol. The van der Waals surface area contributed by atoms with E-state index in [1.165, 1.54) is 5.82 Å². The second-order valence-corrected chi connectivity index (χ2v) is 3.60. The van der Waals surface area contributed by atoms with Crippen molar-refractivity contribution in [2.45, 2.75) is 46.7 Å². The summed E-state index contributed by atoms with van der Waals surface area (Å²) in [6.07, 6.45) is 6.53. The van der Waals surface area contributed by atoms with Crippen LogP contribution in [0.3, 0.4) is 0 Å². The van der Waals surface area contributed by atoms with Crippen LogP contribution in [0.4, 0.5) is 0 Å². The van der Waals surface area contributed by atoms with Crippen LogP contribution < -0.4 is 4.57 Å². The average Bonchev–Trinajstić information content (AvgIpc) is 2.66. The van der Waals surface area contributed by atoms with Gasteiger partial charge in [-0.1, -0.05) is 6.92 Å². The summed E-state index contributed by atoms with van der Waals surface area (Å²) in [4.78, 5) is 0. The summed E-state index contributed by atoms with van der Waals surface area (Å²) < 4.78 is 9.98. The Hall–Kier alpha value is -0.830. The molecule has 0 bridgehead atoms. The Kier molecular flexibility index (Phi) is 5.40. The zero-order valence-electron chi connectivity index (χ0n) is 10.2. The van der Waals surface area contributed by atoms with Gasteiger partial charge in [0.25, 0.3) is 5.82 Å². The van der Waals surface area contributed by atoms with Crippen LogP contribution in [0.5, 0.6) is 0 Å². The molecule has 0 spiro atoms. The normalized spacial score (nSPS) is 10.9. The number of nitrogens with zero attached hydrogens (tertiary/aromatic N) is 2. The fourth-order valence-electron chi connectivity index (χ4n) is 1.88. The van der Waals surface area contributed by atoms with E-state index in [9.17, 15) is 0 Å². The van der Waals surface area contributed by atoms with Gasteiger partial charge in [-0.25, -0.2) is 9.13 Å². The summed E-state index contributed by atoms with van der Waals surface area (Å²) in [5.41, 5.74) is 0. The molecular formula is C12H23N2O+. The predicted octanol–water partition coefficient (Wildman–Crippen LogP) is 1.78. The van der Waals surface area contributed by atoms with Gasteiger partial charge in [-0.3, -0.25) is 0 Å². The van der Waals surface area contributed by atoms with Crippen LogP contribution >= 0.6 is 0 Å². The number of ether oxygens (including phenoxy) is 1. The highest BCUT2D eigenvalue weighted by molar-refractivity contribution is 4.82. The molecule has 0 aromatic carbocycles. The number of aromatic nitrogens is 2. The van der Waals surface area contributed by atoms with E-state index >= 15 is 0 Å². The Morgan fingerprint density at radius 1 is 1.33 bits per heavy atom. The van der Waals surface area contributed by atoms with Gasteiger partial charge in [-0.15, -0.1) is 0 Å². The first kappa shape index (κ1) is 12.2. The summed E-state index contributed by atoms with van der Waals surface area (Å²) in [5.74, 6) is 1.41. The Morgan fingerprint density at radius 2 is 2.13 bits per heavy atom. The molecule has 0 fully saturated rings. The maximum Gasteiger partial charge on any atom is 0.256 e. The Morgan fingerprint density at radius 3 is 2.73 bits per heavy atom. The molecule has 0 aliphatic carbocycles. The van der Waals surface area contributed by atoms with E-state index in [4.69, 9.17) is 4.74 Å². The zero-order chi connectivity index (χ0) is 11.1. The molecule has 1 rings (SSSR count). The van der Waals surface area contributed by atoms with Crippen LogP contribution in [-0.4, -0.2) is 17.8 Å². The van der Waals surface area contributed by atoms with Gasteiger partial charge in [0, 0.05) is 19.4 Å². The maximum absolute atomic E-state index is 5.34. The molecule has 0 amide bonds. The number of imidazole rings is 1. The monoisotopic (exact) mass is 211 g/mol. The van der Waals surface area contributed by atoms with E-state index in [0.717, 1.165) is 39.1 Å². The highest BCUT2D eigenvalue weighted by atomic mass is 16.5. The molecule has 1 heterocycles. The second-order valence-electron chi connectivity index (χ2n) is 3.60. The minimum atomic E-state index is 0.821.